The fourth-order valence-corrected chi connectivity index (χ4v) is 5.14. The molecule has 4 rings (SSSR count). The number of amides is 1. The Kier molecular flexibility index (Phi) is 4.39. The second-order valence-electron chi connectivity index (χ2n) is 6.94. The van der Waals surface area contributed by atoms with Crippen LogP contribution in [0.3, 0.4) is 0 Å². The molecular weight excluding hydrogens is 322 g/mol. The maximum absolute atomic E-state index is 12.3. The monoisotopic (exact) mass is 345 g/mol. The van der Waals surface area contributed by atoms with E-state index >= 15 is 0 Å². The van der Waals surface area contributed by atoms with Crippen molar-refractivity contribution in [3.8, 4) is 5.88 Å². The molecule has 0 spiro atoms. The number of rotatable bonds is 4. The van der Waals surface area contributed by atoms with Crippen LogP contribution in [0.4, 0.5) is 0 Å². The van der Waals surface area contributed by atoms with Crippen LogP contribution in [-0.4, -0.2) is 28.5 Å². The van der Waals surface area contributed by atoms with Crippen LogP contribution < -0.4 is 10.1 Å². The summed E-state index contributed by atoms with van der Waals surface area (Å²) >= 11 is 1.73. The van der Waals surface area contributed by atoms with Crippen LogP contribution in [0.2, 0.25) is 0 Å². The van der Waals surface area contributed by atoms with Crippen LogP contribution in [0.15, 0.2) is 6.33 Å². The van der Waals surface area contributed by atoms with Gasteiger partial charge in [0.1, 0.15) is 11.2 Å². The molecule has 0 unspecified atom stereocenters. The number of nitrogens with one attached hydrogen (secondary N) is 1. The summed E-state index contributed by atoms with van der Waals surface area (Å²) in [6, 6.07) is 0.283. The lowest BCUT2D eigenvalue weighted by Gasteiger charge is -2.29. The molecule has 2 aromatic heterocycles. The highest BCUT2D eigenvalue weighted by molar-refractivity contribution is 7.18. The van der Waals surface area contributed by atoms with Gasteiger partial charge in [-0.3, -0.25) is 4.79 Å². The lowest BCUT2D eigenvalue weighted by atomic mass is 9.86. The van der Waals surface area contributed by atoms with Gasteiger partial charge in [-0.2, -0.15) is 0 Å². The number of thiophene rings is 1. The zero-order chi connectivity index (χ0) is 16.5. The number of nitrogens with zero attached hydrogens (tertiary/aromatic N) is 2. The fourth-order valence-electron chi connectivity index (χ4n) is 3.92. The van der Waals surface area contributed by atoms with E-state index in [1.807, 2.05) is 0 Å². The molecule has 0 bridgehead atoms. The molecule has 128 valence electrons. The van der Waals surface area contributed by atoms with E-state index in [0.717, 1.165) is 29.5 Å². The Hall–Kier alpha value is -1.69. The Balaban J connectivity index is 1.44. The van der Waals surface area contributed by atoms with E-state index in [1.54, 1.807) is 11.3 Å². The summed E-state index contributed by atoms with van der Waals surface area (Å²) < 4.78 is 5.78. The largest absolute Gasteiger partial charge is 0.467 e. The highest BCUT2D eigenvalue weighted by atomic mass is 32.1. The molecular formula is C18H23N3O2S. The van der Waals surface area contributed by atoms with Gasteiger partial charge in [0.25, 0.3) is 5.91 Å². The maximum atomic E-state index is 12.3. The number of carbonyl (C=O) groups excluding carboxylic acids is 1. The third-order valence-electron chi connectivity index (χ3n) is 5.26. The van der Waals surface area contributed by atoms with Crippen molar-refractivity contribution in [1.82, 2.24) is 15.3 Å². The minimum atomic E-state index is -0.0487. The van der Waals surface area contributed by atoms with Crippen LogP contribution in [0.1, 0.15) is 49.5 Å². The molecule has 0 aliphatic heterocycles. The van der Waals surface area contributed by atoms with Gasteiger partial charge < -0.3 is 10.1 Å². The van der Waals surface area contributed by atoms with Gasteiger partial charge in [-0.05, 0) is 43.6 Å². The quantitative estimate of drug-likeness (QED) is 0.924. The highest BCUT2D eigenvalue weighted by Crippen LogP contribution is 2.39. The van der Waals surface area contributed by atoms with Gasteiger partial charge in [0.2, 0.25) is 5.88 Å². The first-order valence-electron chi connectivity index (χ1n) is 8.90. The molecule has 0 aromatic carbocycles. The maximum Gasteiger partial charge on any atom is 0.258 e. The lowest BCUT2D eigenvalue weighted by molar-refractivity contribution is -0.124. The molecule has 2 atom stereocenters. The second-order valence-corrected chi connectivity index (χ2v) is 8.02. The van der Waals surface area contributed by atoms with Gasteiger partial charge in [-0.15, -0.1) is 11.3 Å². The first kappa shape index (κ1) is 15.8. The van der Waals surface area contributed by atoms with Crippen molar-refractivity contribution in [3.05, 3.63) is 16.8 Å². The number of carbonyl (C=O) groups is 1. The molecule has 1 N–H and O–H groups in total. The molecule has 2 aromatic rings. The topological polar surface area (TPSA) is 64.1 Å². The molecule has 6 heteroatoms. The zero-order valence-corrected chi connectivity index (χ0v) is 14.8. The van der Waals surface area contributed by atoms with E-state index in [1.165, 1.54) is 42.5 Å². The Morgan fingerprint density at radius 2 is 2.17 bits per heavy atom. The first-order chi connectivity index (χ1) is 11.7. The van der Waals surface area contributed by atoms with Crippen molar-refractivity contribution in [1.29, 1.82) is 0 Å². The summed E-state index contributed by atoms with van der Waals surface area (Å²) in [5, 5.41) is 4.15. The summed E-state index contributed by atoms with van der Waals surface area (Å²) in [5.41, 5.74) is 1.33. The van der Waals surface area contributed by atoms with Crippen molar-refractivity contribution in [2.45, 2.75) is 57.9 Å². The van der Waals surface area contributed by atoms with Crippen molar-refractivity contribution in [2.75, 3.05) is 6.61 Å². The van der Waals surface area contributed by atoms with Crippen molar-refractivity contribution >= 4 is 27.5 Å². The smallest absolute Gasteiger partial charge is 0.258 e. The minimum Gasteiger partial charge on any atom is -0.467 e. The number of hydrogen-bond donors (Lipinski definition) is 1. The van der Waals surface area contributed by atoms with Crippen LogP contribution in [0.25, 0.3) is 10.2 Å². The van der Waals surface area contributed by atoms with Crippen LogP contribution in [-0.2, 0) is 17.6 Å². The number of aryl methyl sites for hydroxylation is 2. The molecule has 2 aliphatic carbocycles. The molecule has 2 aliphatic rings. The van der Waals surface area contributed by atoms with Gasteiger partial charge in [-0.25, -0.2) is 9.97 Å². The molecule has 0 saturated heterocycles. The summed E-state index contributed by atoms with van der Waals surface area (Å²) in [4.78, 5) is 23.3. The lowest BCUT2D eigenvalue weighted by Crippen LogP contribution is -2.43. The minimum absolute atomic E-state index is 0.0277. The average molecular weight is 345 g/mol. The summed E-state index contributed by atoms with van der Waals surface area (Å²) in [6.07, 6.45) is 9.63. The van der Waals surface area contributed by atoms with E-state index in [9.17, 15) is 4.79 Å². The molecule has 0 radical (unpaired) electrons. The third-order valence-corrected chi connectivity index (χ3v) is 6.46. The van der Waals surface area contributed by atoms with Gasteiger partial charge in [0, 0.05) is 10.9 Å². The summed E-state index contributed by atoms with van der Waals surface area (Å²) in [7, 11) is 0. The Morgan fingerprint density at radius 1 is 1.29 bits per heavy atom. The van der Waals surface area contributed by atoms with Crippen molar-refractivity contribution < 1.29 is 9.53 Å². The van der Waals surface area contributed by atoms with Gasteiger partial charge in [-0.1, -0.05) is 19.8 Å². The van der Waals surface area contributed by atoms with Gasteiger partial charge >= 0.3 is 0 Å². The molecule has 24 heavy (non-hydrogen) atoms. The second kappa shape index (κ2) is 6.67. The number of ether oxygens (including phenoxy) is 1. The van der Waals surface area contributed by atoms with E-state index in [-0.39, 0.29) is 18.6 Å². The van der Waals surface area contributed by atoms with E-state index < -0.39 is 0 Å². The van der Waals surface area contributed by atoms with Crippen molar-refractivity contribution in [3.63, 3.8) is 0 Å². The number of hydrogen-bond acceptors (Lipinski definition) is 5. The third kappa shape index (κ3) is 2.99. The molecule has 1 amide bonds. The molecule has 1 fully saturated rings. The standard InChI is InChI=1S/C18H23N3O2S/c1-11-5-2-3-7-13(11)21-15(22)9-23-17-16-12-6-4-8-14(12)24-18(16)20-10-19-17/h10-11,13H,2-9H2,1H3,(H,21,22)/t11-,13+/m1/s1. The normalized spacial score (nSPS) is 23.2. The van der Waals surface area contributed by atoms with Crippen molar-refractivity contribution in [2.24, 2.45) is 5.92 Å². The summed E-state index contributed by atoms with van der Waals surface area (Å²) in [6.45, 7) is 2.24. The Labute approximate surface area is 145 Å². The Bertz CT molecular complexity index is 758. The van der Waals surface area contributed by atoms with E-state index in [2.05, 4.69) is 22.2 Å². The predicted molar refractivity (Wildman–Crippen MR) is 94.5 cm³/mol. The van der Waals surface area contributed by atoms with Gasteiger partial charge in [0.05, 0.1) is 5.39 Å². The molecule has 5 nitrogen and oxygen atoms in total. The number of aromatic nitrogens is 2. The zero-order valence-electron chi connectivity index (χ0n) is 14.0. The van der Waals surface area contributed by atoms with E-state index in [4.69, 9.17) is 4.74 Å². The average Bonchev–Trinajstić information content (AvgIpc) is 3.16. The van der Waals surface area contributed by atoms with Crippen LogP contribution in [0, 0.1) is 5.92 Å². The fraction of sp³-hybridized carbons (Fsp3) is 0.611. The first-order valence-corrected chi connectivity index (χ1v) is 9.71. The highest BCUT2D eigenvalue weighted by Gasteiger charge is 2.24. The van der Waals surface area contributed by atoms with E-state index in [0.29, 0.717) is 11.8 Å². The predicted octanol–water partition coefficient (Wildman–Crippen LogP) is 3.25. The Morgan fingerprint density at radius 3 is 3.04 bits per heavy atom. The van der Waals surface area contributed by atoms with Gasteiger partial charge in [0.15, 0.2) is 6.61 Å². The molecule has 2 heterocycles. The summed E-state index contributed by atoms with van der Waals surface area (Å²) in [5.74, 6) is 1.06. The number of fused-ring (bicyclic) bond motifs is 3. The van der Waals surface area contributed by atoms with Crippen LogP contribution >= 0.6 is 11.3 Å². The molecule has 1 saturated carbocycles. The SMILES string of the molecule is C[C@@H]1CCCC[C@@H]1NC(=O)COc1ncnc2sc3c(c12)CCC3. The van der Waals surface area contributed by atoms with Crippen LogP contribution in [0.5, 0.6) is 5.88 Å².